The molecular formula is C33H48O4. The molecule has 0 aliphatic rings. The Labute approximate surface area is 225 Å². The van der Waals surface area contributed by atoms with E-state index in [9.17, 15) is 4.79 Å². The molecule has 2 aromatic rings. The Balaban J connectivity index is 1.59. The lowest BCUT2D eigenvalue weighted by Crippen LogP contribution is -2.08. The molecule has 0 spiro atoms. The van der Waals surface area contributed by atoms with Crippen molar-refractivity contribution >= 4 is 5.97 Å². The number of rotatable bonds is 21. The summed E-state index contributed by atoms with van der Waals surface area (Å²) < 4.78 is 17.2. The van der Waals surface area contributed by atoms with Gasteiger partial charge < -0.3 is 14.2 Å². The molecule has 0 fully saturated rings. The normalized spacial score (nSPS) is 11.6. The summed E-state index contributed by atoms with van der Waals surface area (Å²) in [6.45, 7) is 9.74. The molecule has 0 saturated carbocycles. The van der Waals surface area contributed by atoms with Crippen LogP contribution in [0.3, 0.4) is 0 Å². The van der Waals surface area contributed by atoms with Crippen LogP contribution in [0.2, 0.25) is 0 Å². The number of hydrogen-bond donors (Lipinski definition) is 0. The van der Waals surface area contributed by atoms with Crippen LogP contribution >= 0.6 is 0 Å². The number of carbonyl (C=O) groups is 1. The summed E-state index contributed by atoms with van der Waals surface area (Å²) >= 11 is 0. The van der Waals surface area contributed by atoms with Crippen LogP contribution in [-0.4, -0.2) is 19.2 Å². The predicted octanol–water partition coefficient (Wildman–Crippen LogP) is 9.58. The summed E-state index contributed by atoms with van der Waals surface area (Å²) in [5.41, 5.74) is 0.501. The summed E-state index contributed by atoms with van der Waals surface area (Å²) in [6, 6.07) is 14.4. The van der Waals surface area contributed by atoms with Crippen LogP contribution in [0.4, 0.5) is 0 Å². The van der Waals surface area contributed by atoms with E-state index in [1.165, 1.54) is 64.2 Å². The number of allylic oxidation sites excluding steroid dienone is 1. The van der Waals surface area contributed by atoms with E-state index >= 15 is 0 Å². The number of benzene rings is 2. The van der Waals surface area contributed by atoms with Gasteiger partial charge in [-0.05, 0) is 80.1 Å². The van der Waals surface area contributed by atoms with Crippen LogP contribution in [0.25, 0.3) is 0 Å². The third kappa shape index (κ3) is 13.9. The van der Waals surface area contributed by atoms with E-state index in [1.54, 1.807) is 24.3 Å². The third-order valence-electron chi connectivity index (χ3n) is 6.75. The van der Waals surface area contributed by atoms with Crippen molar-refractivity contribution in [2.24, 2.45) is 5.92 Å². The third-order valence-corrected chi connectivity index (χ3v) is 6.75. The maximum atomic E-state index is 12.5. The van der Waals surface area contributed by atoms with E-state index in [1.807, 2.05) is 30.3 Å². The van der Waals surface area contributed by atoms with E-state index in [0.29, 0.717) is 24.5 Å². The number of ether oxygens (including phenoxy) is 3. The average molecular weight is 509 g/mol. The van der Waals surface area contributed by atoms with Gasteiger partial charge in [-0.2, -0.15) is 0 Å². The highest BCUT2D eigenvalue weighted by molar-refractivity contribution is 5.91. The zero-order chi connectivity index (χ0) is 26.6. The molecule has 0 aliphatic heterocycles. The molecule has 2 aromatic carbocycles. The Bertz CT molecular complexity index is 857. The maximum absolute atomic E-state index is 12.5. The van der Waals surface area contributed by atoms with E-state index in [4.69, 9.17) is 14.2 Å². The highest BCUT2D eigenvalue weighted by atomic mass is 16.5. The monoisotopic (exact) mass is 508 g/mol. The molecule has 4 heteroatoms. The van der Waals surface area contributed by atoms with Crippen LogP contribution in [0.1, 0.15) is 108 Å². The van der Waals surface area contributed by atoms with Crippen molar-refractivity contribution < 1.29 is 19.0 Å². The molecule has 1 atom stereocenters. The number of unbranched alkanes of at least 4 members (excludes halogenated alkanes) is 9. The smallest absolute Gasteiger partial charge is 0.343 e. The van der Waals surface area contributed by atoms with E-state index in [2.05, 4.69) is 20.4 Å². The fourth-order valence-electron chi connectivity index (χ4n) is 4.09. The molecule has 2 rings (SSSR count). The minimum Gasteiger partial charge on any atom is -0.494 e. The Morgan fingerprint density at radius 2 is 1.22 bits per heavy atom. The van der Waals surface area contributed by atoms with Gasteiger partial charge in [-0.15, -0.1) is 6.58 Å². The van der Waals surface area contributed by atoms with Gasteiger partial charge in [0.1, 0.15) is 17.2 Å². The van der Waals surface area contributed by atoms with Crippen LogP contribution < -0.4 is 14.2 Å². The van der Waals surface area contributed by atoms with Crippen LogP contribution in [-0.2, 0) is 0 Å². The largest absolute Gasteiger partial charge is 0.494 e. The Morgan fingerprint density at radius 3 is 1.78 bits per heavy atom. The van der Waals surface area contributed by atoms with E-state index < -0.39 is 0 Å². The first-order chi connectivity index (χ1) is 18.1. The predicted molar refractivity (Wildman–Crippen MR) is 154 cm³/mol. The SMILES string of the molecule is C=CCCCCCCCCCOc1ccc(C(=O)Oc2ccc(OCCCCC[C@@H](C)CC)cc2)cc1. The second-order valence-electron chi connectivity index (χ2n) is 10.00. The second-order valence-corrected chi connectivity index (χ2v) is 10.00. The number of carbonyl (C=O) groups excluding carboxylic acids is 1. The minimum atomic E-state index is -0.380. The lowest BCUT2D eigenvalue weighted by Gasteiger charge is -2.10. The van der Waals surface area contributed by atoms with Crippen LogP contribution in [0.15, 0.2) is 61.2 Å². The lowest BCUT2D eigenvalue weighted by molar-refractivity contribution is 0.0734. The van der Waals surface area contributed by atoms with Gasteiger partial charge in [0.15, 0.2) is 0 Å². The first-order valence-corrected chi connectivity index (χ1v) is 14.4. The van der Waals surface area contributed by atoms with Gasteiger partial charge in [-0.1, -0.05) is 77.7 Å². The number of hydrogen-bond acceptors (Lipinski definition) is 4. The Hall–Kier alpha value is -2.75. The summed E-state index contributed by atoms with van der Waals surface area (Å²) in [7, 11) is 0. The first-order valence-electron chi connectivity index (χ1n) is 14.4. The molecular weight excluding hydrogens is 460 g/mol. The highest BCUT2D eigenvalue weighted by Gasteiger charge is 2.09. The molecule has 0 radical (unpaired) electrons. The zero-order valence-electron chi connectivity index (χ0n) is 23.2. The molecule has 4 nitrogen and oxygen atoms in total. The van der Waals surface area contributed by atoms with Gasteiger partial charge in [-0.3, -0.25) is 0 Å². The molecule has 0 bridgehead atoms. The second kappa shape index (κ2) is 19.4. The molecule has 0 amide bonds. The number of esters is 1. The molecule has 0 N–H and O–H groups in total. The lowest BCUT2D eigenvalue weighted by atomic mass is 10.0. The first kappa shape index (κ1) is 30.5. The summed E-state index contributed by atoms with van der Waals surface area (Å²) in [6.07, 6.45) is 17.9. The summed E-state index contributed by atoms with van der Waals surface area (Å²) in [4.78, 5) is 12.5. The van der Waals surface area contributed by atoms with Crippen molar-refractivity contribution in [2.45, 2.75) is 97.3 Å². The summed E-state index contributed by atoms with van der Waals surface area (Å²) in [5.74, 6) is 2.52. The van der Waals surface area contributed by atoms with Gasteiger partial charge in [0.05, 0.1) is 18.8 Å². The zero-order valence-corrected chi connectivity index (χ0v) is 23.2. The van der Waals surface area contributed by atoms with Crippen molar-refractivity contribution in [3.05, 3.63) is 66.7 Å². The molecule has 204 valence electrons. The van der Waals surface area contributed by atoms with Gasteiger partial charge in [0, 0.05) is 0 Å². The molecule has 0 aromatic heterocycles. The fraction of sp³-hybridized carbons (Fsp3) is 0.545. The fourth-order valence-corrected chi connectivity index (χ4v) is 4.09. The highest BCUT2D eigenvalue weighted by Crippen LogP contribution is 2.21. The molecule has 0 saturated heterocycles. The van der Waals surface area contributed by atoms with E-state index in [-0.39, 0.29) is 5.97 Å². The molecule has 37 heavy (non-hydrogen) atoms. The summed E-state index contributed by atoms with van der Waals surface area (Å²) in [5, 5.41) is 0. The van der Waals surface area contributed by atoms with Gasteiger partial charge in [-0.25, -0.2) is 4.79 Å². The van der Waals surface area contributed by atoms with Crippen molar-refractivity contribution in [2.75, 3.05) is 13.2 Å². The molecule has 0 heterocycles. The molecule has 0 unspecified atom stereocenters. The van der Waals surface area contributed by atoms with Gasteiger partial charge in [0.2, 0.25) is 0 Å². The van der Waals surface area contributed by atoms with Crippen molar-refractivity contribution in [1.29, 1.82) is 0 Å². The van der Waals surface area contributed by atoms with E-state index in [0.717, 1.165) is 36.7 Å². The van der Waals surface area contributed by atoms with Crippen LogP contribution in [0, 0.1) is 5.92 Å². The maximum Gasteiger partial charge on any atom is 0.343 e. The Kier molecular flexibility index (Phi) is 16.0. The van der Waals surface area contributed by atoms with Crippen molar-refractivity contribution in [3.8, 4) is 17.2 Å². The van der Waals surface area contributed by atoms with Crippen molar-refractivity contribution in [1.82, 2.24) is 0 Å². The average Bonchev–Trinajstić information content (AvgIpc) is 2.92. The topological polar surface area (TPSA) is 44.8 Å². The Morgan fingerprint density at radius 1 is 0.730 bits per heavy atom. The quantitative estimate of drug-likeness (QED) is 0.0728. The molecule has 0 aliphatic carbocycles. The van der Waals surface area contributed by atoms with Crippen LogP contribution in [0.5, 0.6) is 17.2 Å². The standard InChI is InChI=1S/C33H48O4/c1-4-6-7-8-9-10-11-12-15-26-35-30-20-18-29(19-21-30)33(34)37-32-24-22-31(23-25-32)36-27-16-13-14-17-28(3)5-2/h4,18-25,28H,1,5-17,26-27H2,2-3H3/t28-/m0/s1. The van der Waals surface area contributed by atoms with Gasteiger partial charge in [0.25, 0.3) is 0 Å². The van der Waals surface area contributed by atoms with Crippen molar-refractivity contribution in [3.63, 3.8) is 0 Å². The van der Waals surface area contributed by atoms with Gasteiger partial charge >= 0.3 is 5.97 Å². The minimum absolute atomic E-state index is 0.380.